The number of hydrogen-bond donors (Lipinski definition) is 2. The first-order valence-corrected chi connectivity index (χ1v) is 19.3. The van der Waals surface area contributed by atoms with E-state index in [9.17, 15) is 13.8 Å². The molecule has 0 saturated carbocycles. The molecule has 14 heteroatoms. The number of anilines is 2. The molecule has 1 atom stereocenters. The summed E-state index contributed by atoms with van der Waals surface area (Å²) in [5, 5.41) is 11.9. The van der Waals surface area contributed by atoms with Gasteiger partial charge in [0.1, 0.15) is 11.0 Å². The highest BCUT2D eigenvalue weighted by molar-refractivity contribution is 7.82. The molecule has 0 bridgehead atoms. The Balaban J connectivity index is 0.908. The van der Waals surface area contributed by atoms with Gasteiger partial charge < -0.3 is 10.2 Å². The molecule has 0 radical (unpaired) electrons. The van der Waals surface area contributed by atoms with Gasteiger partial charge in [-0.25, -0.2) is 23.3 Å². The van der Waals surface area contributed by atoms with Crippen LogP contribution in [0.5, 0.6) is 0 Å². The van der Waals surface area contributed by atoms with Crippen LogP contribution >= 0.6 is 11.6 Å². The van der Waals surface area contributed by atoms with Gasteiger partial charge in [-0.3, -0.25) is 19.7 Å². The molecule has 1 unspecified atom stereocenters. The Morgan fingerprint density at radius 3 is 2.45 bits per heavy atom. The zero-order chi connectivity index (χ0) is 35.7. The van der Waals surface area contributed by atoms with Crippen LogP contribution in [0.4, 0.5) is 16.6 Å². The third-order valence-electron chi connectivity index (χ3n) is 10.3. The minimum atomic E-state index is -1.21. The van der Waals surface area contributed by atoms with Gasteiger partial charge >= 0.3 is 6.03 Å². The Morgan fingerprint density at radius 2 is 1.73 bits per heavy atom. The first-order chi connectivity index (χ1) is 24.5. The summed E-state index contributed by atoms with van der Waals surface area (Å²) < 4.78 is 17.5. The molecule has 3 fully saturated rings. The Labute approximate surface area is 306 Å². The molecule has 2 aromatic carbocycles. The van der Waals surface area contributed by atoms with E-state index in [1.54, 1.807) is 17.3 Å². The van der Waals surface area contributed by atoms with Gasteiger partial charge in [0.15, 0.2) is 5.82 Å². The molecule has 2 N–H and O–H groups in total. The number of piperidine rings is 2. The van der Waals surface area contributed by atoms with Gasteiger partial charge in [-0.1, -0.05) is 43.6 Å². The summed E-state index contributed by atoms with van der Waals surface area (Å²) in [6.45, 7) is 9.53. The topological polar surface area (TPSA) is 129 Å². The molecular formula is C37H46ClN9O3S. The number of urea groups is 1. The number of carbonyl (C=O) groups excluding carboxylic acids is 2. The van der Waals surface area contributed by atoms with E-state index in [0.717, 1.165) is 80.6 Å². The number of amides is 3. The van der Waals surface area contributed by atoms with Crippen LogP contribution in [0.3, 0.4) is 0 Å². The van der Waals surface area contributed by atoms with Gasteiger partial charge in [0.05, 0.1) is 27.8 Å². The van der Waals surface area contributed by atoms with Crippen molar-refractivity contribution in [2.24, 2.45) is 12.5 Å². The molecule has 51 heavy (non-hydrogen) atoms. The number of aromatic nitrogens is 4. The van der Waals surface area contributed by atoms with Gasteiger partial charge in [-0.15, -0.1) is 0 Å². The largest absolute Gasteiger partial charge is 0.351 e. The van der Waals surface area contributed by atoms with Crippen molar-refractivity contribution in [1.82, 2.24) is 34.3 Å². The van der Waals surface area contributed by atoms with Crippen LogP contribution in [0.15, 0.2) is 59.8 Å². The van der Waals surface area contributed by atoms with Gasteiger partial charge in [0.2, 0.25) is 11.9 Å². The molecule has 2 aromatic heterocycles. The summed E-state index contributed by atoms with van der Waals surface area (Å²) in [7, 11) is 0.698. The van der Waals surface area contributed by atoms with Crippen LogP contribution in [-0.2, 0) is 29.2 Å². The van der Waals surface area contributed by atoms with Crippen molar-refractivity contribution in [1.29, 1.82) is 0 Å². The fourth-order valence-electron chi connectivity index (χ4n) is 7.76. The minimum absolute atomic E-state index is 0.0517. The maximum absolute atomic E-state index is 13.6. The van der Waals surface area contributed by atoms with E-state index in [1.807, 2.05) is 23.9 Å². The Hall–Kier alpha value is -3.91. The normalized spacial score (nSPS) is 19.4. The zero-order valence-electron chi connectivity index (χ0n) is 29.5. The number of fused-ring (bicyclic) bond motifs is 1. The Morgan fingerprint density at radius 1 is 0.980 bits per heavy atom. The molecule has 4 aromatic rings. The Bertz CT molecular complexity index is 1920. The van der Waals surface area contributed by atoms with Crippen LogP contribution in [0.2, 0.25) is 5.02 Å². The number of likely N-dealkylation sites (tertiary alicyclic amines) is 1. The lowest BCUT2D eigenvalue weighted by Gasteiger charge is -2.38. The van der Waals surface area contributed by atoms with E-state index >= 15 is 0 Å². The third-order valence-corrected chi connectivity index (χ3v) is 12.0. The summed E-state index contributed by atoms with van der Waals surface area (Å²) in [5.74, 6) is 1.38. The highest BCUT2D eigenvalue weighted by Crippen LogP contribution is 2.35. The van der Waals surface area contributed by atoms with Crippen molar-refractivity contribution < 1.29 is 13.8 Å². The predicted octanol–water partition coefficient (Wildman–Crippen LogP) is 5.51. The zero-order valence-corrected chi connectivity index (χ0v) is 31.1. The predicted molar refractivity (Wildman–Crippen MR) is 200 cm³/mol. The van der Waals surface area contributed by atoms with Crippen LogP contribution in [0, 0.1) is 5.41 Å². The maximum atomic E-state index is 13.6. The molecule has 3 aliphatic heterocycles. The van der Waals surface area contributed by atoms with Crippen molar-refractivity contribution >= 4 is 57.2 Å². The number of nitrogens with one attached hydrogen (secondary N) is 2. The average molecular weight is 732 g/mol. The fourth-order valence-corrected chi connectivity index (χ4v) is 9.15. The van der Waals surface area contributed by atoms with E-state index in [-0.39, 0.29) is 23.8 Å². The van der Waals surface area contributed by atoms with Crippen molar-refractivity contribution in [3.63, 3.8) is 0 Å². The van der Waals surface area contributed by atoms with E-state index in [4.69, 9.17) is 11.6 Å². The summed E-state index contributed by atoms with van der Waals surface area (Å²) in [6.07, 6.45) is 8.25. The lowest BCUT2D eigenvalue weighted by atomic mass is 9.83. The highest BCUT2D eigenvalue weighted by atomic mass is 35.5. The molecule has 3 amide bonds. The quantitative estimate of drug-likeness (QED) is 0.219. The molecule has 270 valence electrons. The smallest absolute Gasteiger partial charge is 0.329 e. The molecule has 12 nitrogen and oxygen atoms in total. The number of benzene rings is 2. The minimum Gasteiger partial charge on any atom is -0.351 e. The second-order valence-electron chi connectivity index (χ2n) is 14.8. The van der Waals surface area contributed by atoms with Crippen LogP contribution in [-0.4, -0.2) is 90.4 Å². The van der Waals surface area contributed by atoms with Crippen LogP contribution in [0.25, 0.3) is 10.9 Å². The number of aryl methyl sites for hydroxylation is 1. The standard InChI is InChI=1S/C37H46ClN9O3S/c1-37(2,21-25-5-4-6-30(19-25)51(50)46-16-11-29(12-17-46)41-35-39-22-28(38)23-40-35)24-45-14-9-26(10-15-45)27-7-8-31-32(20-27)44(3)43-34(31)47-18-13-33(48)42-36(47)49/h4-8,19-20,22-23,26,29H,9-18,21,24H2,1-3H3,(H,39,40,41)(H,42,48,49). The van der Waals surface area contributed by atoms with Gasteiger partial charge in [0, 0.05) is 51.1 Å². The lowest BCUT2D eigenvalue weighted by Crippen LogP contribution is -2.49. The van der Waals surface area contributed by atoms with Crippen LogP contribution in [0.1, 0.15) is 63.0 Å². The first-order valence-electron chi connectivity index (χ1n) is 17.8. The third kappa shape index (κ3) is 8.27. The monoisotopic (exact) mass is 731 g/mol. The highest BCUT2D eigenvalue weighted by Gasteiger charge is 2.30. The van der Waals surface area contributed by atoms with E-state index in [0.29, 0.717) is 29.3 Å². The van der Waals surface area contributed by atoms with E-state index in [2.05, 4.69) is 79.1 Å². The molecule has 7 rings (SSSR count). The number of imide groups is 1. The van der Waals surface area contributed by atoms with E-state index in [1.165, 1.54) is 11.1 Å². The van der Waals surface area contributed by atoms with Crippen molar-refractivity contribution in [2.75, 3.05) is 49.5 Å². The number of rotatable bonds is 10. The first kappa shape index (κ1) is 35.5. The van der Waals surface area contributed by atoms with Crippen molar-refractivity contribution in [2.45, 2.75) is 69.2 Å². The number of carbonyl (C=O) groups is 2. The van der Waals surface area contributed by atoms with Crippen LogP contribution < -0.4 is 15.5 Å². The summed E-state index contributed by atoms with van der Waals surface area (Å²) in [5.41, 5.74) is 3.56. The second-order valence-corrected chi connectivity index (χ2v) is 16.8. The molecule has 3 aliphatic rings. The molecule has 0 aliphatic carbocycles. The maximum Gasteiger partial charge on any atom is 0.329 e. The second kappa shape index (κ2) is 15.0. The number of hydrogen-bond acceptors (Lipinski definition) is 8. The molecule has 5 heterocycles. The number of halogens is 1. The lowest BCUT2D eigenvalue weighted by molar-refractivity contribution is -0.120. The molecule has 3 saturated heterocycles. The summed E-state index contributed by atoms with van der Waals surface area (Å²) in [6, 6.07) is 14.6. The number of nitrogens with zero attached hydrogens (tertiary/aromatic N) is 7. The van der Waals surface area contributed by atoms with Crippen molar-refractivity contribution in [3.8, 4) is 0 Å². The fraction of sp³-hybridized carbons (Fsp3) is 0.486. The van der Waals surface area contributed by atoms with Gasteiger partial charge in [0.25, 0.3) is 0 Å². The van der Waals surface area contributed by atoms with Crippen molar-refractivity contribution in [3.05, 3.63) is 71.0 Å². The average Bonchev–Trinajstić information content (AvgIpc) is 3.44. The molecule has 0 spiro atoms. The summed E-state index contributed by atoms with van der Waals surface area (Å²) in [4.78, 5) is 37.6. The Kier molecular flexibility index (Phi) is 10.4. The SMILES string of the molecule is Cn1nc(N2CCC(=O)NC2=O)c2ccc(C3CCN(CC(C)(C)Cc4cccc(S(=O)N5CCC(Nc6ncc(Cl)cn6)CC5)c4)CC3)cc21. The van der Waals surface area contributed by atoms with Gasteiger partial charge in [-0.2, -0.15) is 5.10 Å². The van der Waals surface area contributed by atoms with Gasteiger partial charge in [-0.05, 0) is 91.9 Å². The van der Waals surface area contributed by atoms with E-state index < -0.39 is 17.0 Å². The summed E-state index contributed by atoms with van der Waals surface area (Å²) >= 11 is 5.91. The molecular weight excluding hydrogens is 686 g/mol.